The minimum Gasteiger partial charge on any atom is -0.367 e. The number of aryl methyl sites for hydroxylation is 1. The first-order chi connectivity index (χ1) is 6.82. The fourth-order valence-electron chi connectivity index (χ4n) is 3.12. The number of rotatable bonds is 0. The molecule has 1 aromatic rings. The molecule has 0 saturated heterocycles. The highest BCUT2D eigenvalue weighted by Gasteiger charge is 2.44. The summed E-state index contributed by atoms with van der Waals surface area (Å²) in [5, 5.41) is 0. The molecule has 0 amide bonds. The van der Waals surface area contributed by atoms with Gasteiger partial charge in [-0.25, -0.2) is 0 Å². The lowest BCUT2D eigenvalue weighted by Gasteiger charge is -2.31. The first-order valence-corrected chi connectivity index (χ1v) is 5.52. The molecule has 2 aliphatic rings. The molecule has 0 aliphatic heterocycles. The Morgan fingerprint density at radius 2 is 1.93 bits per heavy atom. The van der Waals surface area contributed by atoms with E-state index in [4.69, 9.17) is 0 Å². The van der Waals surface area contributed by atoms with Crippen molar-refractivity contribution in [1.82, 2.24) is 4.98 Å². The van der Waals surface area contributed by atoms with Crippen molar-refractivity contribution in [3.8, 4) is 0 Å². The minimum atomic E-state index is 0.0369. The van der Waals surface area contributed by atoms with Crippen LogP contribution in [0.15, 0.2) is 12.4 Å². The van der Waals surface area contributed by atoms with E-state index >= 15 is 0 Å². The average molecular weight is 189 g/mol. The van der Waals surface area contributed by atoms with E-state index in [1.807, 2.05) is 12.4 Å². The topological polar surface area (TPSA) is 32.9 Å². The third kappa shape index (κ3) is 0.941. The van der Waals surface area contributed by atoms with Crippen LogP contribution in [0.2, 0.25) is 0 Å². The molecule has 1 fully saturated rings. The number of carbonyl (C=O) groups is 1. The van der Waals surface area contributed by atoms with Crippen LogP contribution in [0.5, 0.6) is 0 Å². The SMILES string of the molecule is O=C1c2c[nH]cc2CCC12CCCC2. The smallest absolute Gasteiger partial charge is 0.170 e. The number of hydrogen-bond donors (Lipinski definition) is 1. The van der Waals surface area contributed by atoms with Crippen molar-refractivity contribution in [3.63, 3.8) is 0 Å². The summed E-state index contributed by atoms with van der Waals surface area (Å²) in [5.74, 6) is 0.414. The van der Waals surface area contributed by atoms with Crippen LogP contribution in [0.4, 0.5) is 0 Å². The third-order valence-corrected chi connectivity index (χ3v) is 3.99. The summed E-state index contributed by atoms with van der Waals surface area (Å²) in [4.78, 5) is 15.3. The van der Waals surface area contributed by atoms with Crippen molar-refractivity contribution in [2.75, 3.05) is 0 Å². The fraction of sp³-hybridized carbons (Fsp3) is 0.583. The third-order valence-electron chi connectivity index (χ3n) is 3.99. The molecular formula is C12H15NO. The van der Waals surface area contributed by atoms with Crippen molar-refractivity contribution < 1.29 is 4.79 Å². The summed E-state index contributed by atoms with van der Waals surface area (Å²) in [7, 11) is 0. The second kappa shape index (κ2) is 2.72. The van der Waals surface area contributed by atoms with Crippen LogP contribution in [0.3, 0.4) is 0 Å². The first kappa shape index (κ1) is 8.27. The van der Waals surface area contributed by atoms with Crippen LogP contribution in [-0.4, -0.2) is 10.8 Å². The van der Waals surface area contributed by atoms with Gasteiger partial charge < -0.3 is 4.98 Å². The van der Waals surface area contributed by atoms with E-state index in [9.17, 15) is 4.79 Å². The molecule has 0 radical (unpaired) electrons. The number of aromatic nitrogens is 1. The van der Waals surface area contributed by atoms with Gasteiger partial charge in [0.2, 0.25) is 0 Å². The summed E-state index contributed by atoms with van der Waals surface area (Å²) in [6, 6.07) is 0. The van der Waals surface area contributed by atoms with Crippen LogP contribution in [0, 0.1) is 5.41 Å². The van der Waals surface area contributed by atoms with Gasteiger partial charge in [0.15, 0.2) is 5.78 Å². The van der Waals surface area contributed by atoms with Gasteiger partial charge in [-0.15, -0.1) is 0 Å². The zero-order chi connectivity index (χ0) is 9.60. The monoisotopic (exact) mass is 189 g/mol. The number of H-pyrrole nitrogens is 1. The average Bonchev–Trinajstić information content (AvgIpc) is 2.83. The molecule has 1 N–H and O–H groups in total. The minimum absolute atomic E-state index is 0.0369. The van der Waals surface area contributed by atoms with Crippen molar-refractivity contribution in [2.24, 2.45) is 5.41 Å². The van der Waals surface area contributed by atoms with E-state index in [-0.39, 0.29) is 5.41 Å². The Morgan fingerprint density at radius 1 is 1.14 bits per heavy atom. The lowest BCUT2D eigenvalue weighted by atomic mass is 9.70. The van der Waals surface area contributed by atoms with Crippen molar-refractivity contribution in [1.29, 1.82) is 0 Å². The maximum atomic E-state index is 12.3. The van der Waals surface area contributed by atoms with Gasteiger partial charge in [-0.3, -0.25) is 4.79 Å². The second-order valence-electron chi connectivity index (χ2n) is 4.71. The summed E-state index contributed by atoms with van der Waals surface area (Å²) in [6.07, 6.45) is 10.8. The molecule has 3 rings (SSSR count). The van der Waals surface area contributed by atoms with E-state index in [0.29, 0.717) is 5.78 Å². The fourth-order valence-corrected chi connectivity index (χ4v) is 3.12. The Hall–Kier alpha value is -1.05. The van der Waals surface area contributed by atoms with Crippen LogP contribution >= 0.6 is 0 Å². The van der Waals surface area contributed by atoms with Crippen LogP contribution in [0.25, 0.3) is 0 Å². The molecule has 14 heavy (non-hydrogen) atoms. The van der Waals surface area contributed by atoms with Gasteiger partial charge in [0.05, 0.1) is 0 Å². The summed E-state index contributed by atoms with van der Waals surface area (Å²) in [5.41, 5.74) is 2.24. The summed E-state index contributed by atoms with van der Waals surface area (Å²) < 4.78 is 0. The number of hydrogen-bond acceptors (Lipinski definition) is 1. The van der Waals surface area contributed by atoms with Crippen LogP contribution < -0.4 is 0 Å². The Kier molecular flexibility index (Phi) is 1.61. The lowest BCUT2D eigenvalue weighted by Crippen LogP contribution is -2.32. The van der Waals surface area contributed by atoms with Gasteiger partial charge in [-0.05, 0) is 31.2 Å². The van der Waals surface area contributed by atoms with Gasteiger partial charge >= 0.3 is 0 Å². The van der Waals surface area contributed by atoms with E-state index in [1.54, 1.807) is 0 Å². The quantitative estimate of drug-likeness (QED) is 0.668. The predicted molar refractivity (Wildman–Crippen MR) is 54.3 cm³/mol. The van der Waals surface area contributed by atoms with Gasteiger partial charge in [0.1, 0.15) is 0 Å². The Morgan fingerprint density at radius 3 is 2.71 bits per heavy atom. The molecule has 1 aromatic heterocycles. The van der Waals surface area contributed by atoms with E-state index in [1.165, 1.54) is 18.4 Å². The Balaban J connectivity index is 2.04. The van der Waals surface area contributed by atoms with Crippen LogP contribution in [-0.2, 0) is 6.42 Å². The lowest BCUT2D eigenvalue weighted by molar-refractivity contribution is 0.0766. The largest absolute Gasteiger partial charge is 0.367 e. The predicted octanol–water partition coefficient (Wildman–Crippen LogP) is 2.70. The molecule has 1 spiro atoms. The highest BCUT2D eigenvalue weighted by molar-refractivity contribution is 6.02. The number of Topliss-reactive ketones (excluding diaryl/α,β-unsaturated/α-hetero) is 1. The zero-order valence-electron chi connectivity index (χ0n) is 8.31. The molecule has 2 heteroatoms. The summed E-state index contributed by atoms with van der Waals surface area (Å²) >= 11 is 0. The molecule has 1 heterocycles. The number of nitrogens with one attached hydrogen (secondary N) is 1. The standard InChI is InChI=1S/C12H15NO/c14-11-10-8-13-7-9(10)3-6-12(11)4-1-2-5-12/h7-8,13H,1-6H2. The molecule has 2 nitrogen and oxygen atoms in total. The molecule has 0 bridgehead atoms. The number of aromatic amines is 1. The van der Waals surface area contributed by atoms with Gasteiger partial charge in [0, 0.05) is 23.4 Å². The van der Waals surface area contributed by atoms with Crippen molar-refractivity contribution >= 4 is 5.78 Å². The van der Waals surface area contributed by atoms with E-state index in [2.05, 4.69) is 4.98 Å². The second-order valence-corrected chi connectivity index (χ2v) is 4.71. The van der Waals surface area contributed by atoms with E-state index in [0.717, 1.165) is 31.2 Å². The van der Waals surface area contributed by atoms with Crippen molar-refractivity contribution in [3.05, 3.63) is 23.5 Å². The maximum absolute atomic E-state index is 12.3. The maximum Gasteiger partial charge on any atom is 0.170 e. The Bertz CT molecular complexity index is 371. The molecule has 0 unspecified atom stereocenters. The normalized spacial score (nSPS) is 24.1. The number of ketones is 1. The van der Waals surface area contributed by atoms with E-state index < -0.39 is 0 Å². The molecule has 74 valence electrons. The molecular weight excluding hydrogens is 174 g/mol. The van der Waals surface area contributed by atoms with Gasteiger partial charge in [0.25, 0.3) is 0 Å². The first-order valence-electron chi connectivity index (χ1n) is 5.52. The van der Waals surface area contributed by atoms with Crippen molar-refractivity contribution in [2.45, 2.75) is 38.5 Å². The molecule has 2 aliphatic carbocycles. The molecule has 0 atom stereocenters. The zero-order valence-corrected chi connectivity index (χ0v) is 8.31. The number of carbonyl (C=O) groups excluding carboxylic acids is 1. The van der Waals surface area contributed by atoms with Crippen LogP contribution in [0.1, 0.15) is 48.0 Å². The molecule has 0 aromatic carbocycles. The Labute approximate surface area is 83.7 Å². The summed E-state index contributed by atoms with van der Waals surface area (Å²) in [6.45, 7) is 0. The van der Waals surface area contributed by atoms with Gasteiger partial charge in [-0.1, -0.05) is 12.8 Å². The molecule has 1 saturated carbocycles. The highest BCUT2D eigenvalue weighted by atomic mass is 16.1. The number of fused-ring (bicyclic) bond motifs is 1. The highest BCUT2D eigenvalue weighted by Crippen LogP contribution is 2.47. The van der Waals surface area contributed by atoms with Gasteiger partial charge in [-0.2, -0.15) is 0 Å².